The highest BCUT2D eigenvalue weighted by molar-refractivity contribution is 6.37. The van der Waals surface area contributed by atoms with Crippen molar-refractivity contribution in [2.45, 2.75) is 20.8 Å². The average molecular weight is 545 g/mol. The van der Waals surface area contributed by atoms with Gasteiger partial charge in [0, 0.05) is 82.0 Å². The van der Waals surface area contributed by atoms with Gasteiger partial charge in [-0.3, -0.25) is 10.3 Å². The molecule has 0 unspecified atom stereocenters. The lowest BCUT2D eigenvalue weighted by Crippen LogP contribution is -2.49. The van der Waals surface area contributed by atoms with E-state index in [0.717, 1.165) is 61.8 Å². The number of aromatic nitrogens is 1. The Balaban J connectivity index is 0.00000247. The molecular weight excluding hydrogens is 504 g/mol. The lowest BCUT2D eigenvalue weighted by molar-refractivity contribution is 0.120. The van der Waals surface area contributed by atoms with Gasteiger partial charge in [-0.05, 0) is 37.9 Å². The number of ether oxygens (including phenoxy) is 2. The number of aliphatic imine (C=N–C) groups is 2. The van der Waals surface area contributed by atoms with Gasteiger partial charge in [-0.25, -0.2) is 9.98 Å². The van der Waals surface area contributed by atoms with Crippen molar-refractivity contribution < 1.29 is 9.47 Å². The van der Waals surface area contributed by atoms with Crippen LogP contribution in [0.4, 0.5) is 0 Å². The Kier molecular flexibility index (Phi) is 14.0. The molecule has 0 spiro atoms. The van der Waals surface area contributed by atoms with Gasteiger partial charge >= 0.3 is 0 Å². The number of hydrogen-bond acceptors (Lipinski definition) is 8. The third-order valence-electron chi connectivity index (χ3n) is 5.71. The van der Waals surface area contributed by atoms with Gasteiger partial charge in [0.05, 0.1) is 11.6 Å². The summed E-state index contributed by atoms with van der Waals surface area (Å²) in [6.45, 7) is 18.8. The zero-order valence-electron chi connectivity index (χ0n) is 23.0. The third-order valence-corrected chi connectivity index (χ3v) is 6.10. The van der Waals surface area contributed by atoms with Crippen LogP contribution in [0.3, 0.4) is 0 Å². The first-order valence-corrected chi connectivity index (χ1v) is 13.1. The van der Waals surface area contributed by atoms with Crippen LogP contribution in [-0.4, -0.2) is 93.8 Å². The predicted molar refractivity (Wildman–Crippen MR) is 160 cm³/mol. The van der Waals surface area contributed by atoms with Gasteiger partial charge in [-0.1, -0.05) is 25.4 Å². The molecule has 2 aromatic rings. The number of nitrogens with zero attached hydrogens (tertiary/aromatic N) is 5. The molecule has 11 heteroatoms. The molecule has 2 heterocycles. The number of nitrogens with one attached hydrogen (secondary N) is 3. The maximum atomic E-state index is 6.59. The number of amidine groups is 1. The minimum absolute atomic E-state index is 0.115. The van der Waals surface area contributed by atoms with Crippen LogP contribution in [-0.2, 0) is 4.74 Å². The van der Waals surface area contributed by atoms with Gasteiger partial charge in [0.2, 0.25) is 0 Å². The van der Waals surface area contributed by atoms with Crippen LogP contribution in [0.2, 0.25) is 5.02 Å². The lowest BCUT2D eigenvalue weighted by Gasteiger charge is -2.35. The van der Waals surface area contributed by atoms with Gasteiger partial charge in [-0.2, -0.15) is 5.10 Å². The largest absolute Gasteiger partial charge is 0.470 e. The van der Waals surface area contributed by atoms with Crippen LogP contribution >= 0.6 is 11.6 Å². The molecule has 0 amide bonds. The molecule has 1 aliphatic rings. The van der Waals surface area contributed by atoms with Crippen LogP contribution in [0.5, 0.6) is 5.75 Å². The molecule has 0 saturated carbocycles. The molecular formula is C27H41ClN8O2. The highest BCUT2D eigenvalue weighted by Gasteiger charge is 2.19. The monoisotopic (exact) mass is 544 g/mol. The molecule has 38 heavy (non-hydrogen) atoms. The summed E-state index contributed by atoms with van der Waals surface area (Å²) < 4.78 is 11.2. The Morgan fingerprint density at radius 1 is 1.21 bits per heavy atom. The van der Waals surface area contributed by atoms with Crippen molar-refractivity contribution in [3.05, 3.63) is 53.1 Å². The van der Waals surface area contributed by atoms with Gasteiger partial charge in [0.15, 0.2) is 6.73 Å². The van der Waals surface area contributed by atoms with E-state index in [2.05, 4.69) is 49.1 Å². The SMILES string of the molecule is C=NN/C=C\CN/C(=C/C(=N\COc1ccc2[nH]c(C)cc2c1Cl)N1CCN(CCOC)CC1)N=C.CC. The summed E-state index contributed by atoms with van der Waals surface area (Å²) in [5, 5.41) is 8.28. The van der Waals surface area contributed by atoms with Crippen molar-refractivity contribution in [3.63, 3.8) is 0 Å². The van der Waals surface area contributed by atoms with E-state index in [1.807, 2.05) is 51.1 Å². The van der Waals surface area contributed by atoms with E-state index >= 15 is 0 Å². The molecule has 1 saturated heterocycles. The van der Waals surface area contributed by atoms with Crippen LogP contribution < -0.4 is 15.5 Å². The number of aromatic amines is 1. The highest BCUT2D eigenvalue weighted by atomic mass is 35.5. The molecule has 10 nitrogen and oxygen atoms in total. The van der Waals surface area contributed by atoms with Crippen LogP contribution in [0, 0.1) is 6.92 Å². The number of halogens is 1. The van der Waals surface area contributed by atoms with E-state index in [1.165, 1.54) is 0 Å². The van der Waals surface area contributed by atoms with Crippen molar-refractivity contribution in [1.29, 1.82) is 0 Å². The zero-order valence-corrected chi connectivity index (χ0v) is 23.7. The third kappa shape index (κ3) is 9.51. The van der Waals surface area contributed by atoms with Crippen molar-refractivity contribution in [1.82, 2.24) is 25.5 Å². The molecule has 3 N–H and O–H groups in total. The first-order chi connectivity index (χ1) is 18.5. The van der Waals surface area contributed by atoms with E-state index in [4.69, 9.17) is 26.1 Å². The molecule has 0 atom stereocenters. The molecule has 0 radical (unpaired) electrons. The Labute approximate surface area is 231 Å². The molecule has 208 valence electrons. The number of fused-ring (bicyclic) bond motifs is 1. The highest BCUT2D eigenvalue weighted by Crippen LogP contribution is 2.33. The molecule has 3 rings (SSSR count). The fraction of sp³-hybridized carbons (Fsp3) is 0.444. The van der Waals surface area contributed by atoms with Gasteiger partial charge < -0.3 is 24.7 Å². The number of H-pyrrole nitrogens is 1. The molecule has 1 aliphatic heterocycles. The summed E-state index contributed by atoms with van der Waals surface area (Å²) >= 11 is 6.59. The molecule has 1 aromatic carbocycles. The predicted octanol–water partition coefficient (Wildman–Crippen LogP) is 4.01. The first kappa shape index (κ1) is 30.9. The number of piperazine rings is 1. The van der Waals surface area contributed by atoms with Crippen LogP contribution in [0.25, 0.3) is 10.9 Å². The van der Waals surface area contributed by atoms with Gasteiger partial charge in [0.25, 0.3) is 0 Å². The number of methoxy groups -OCH3 is 1. The minimum Gasteiger partial charge on any atom is -0.470 e. The summed E-state index contributed by atoms with van der Waals surface area (Å²) in [7, 11) is 1.73. The summed E-state index contributed by atoms with van der Waals surface area (Å²) in [6, 6.07) is 5.83. The standard InChI is InChI=1S/C25H35ClN8O2.C2H6/c1-19-16-20-21(32-19)6-7-22(25(20)26)36-18-30-24(17-23(27-2)29-8-5-9-31-28-3)34-12-10-33(11-13-34)14-15-35-4;1-2/h5-7,9,16-17,29,31-32H,2-3,8,10-15,18H2,1,4H3;1-2H3/b9-5-,23-17+,30-24+;. The molecule has 1 fully saturated rings. The van der Waals surface area contributed by atoms with E-state index in [0.29, 0.717) is 23.1 Å². The fourth-order valence-electron chi connectivity index (χ4n) is 3.83. The van der Waals surface area contributed by atoms with Crippen LogP contribution in [0.1, 0.15) is 19.5 Å². The Morgan fingerprint density at radius 3 is 2.66 bits per heavy atom. The van der Waals surface area contributed by atoms with E-state index in [9.17, 15) is 0 Å². The van der Waals surface area contributed by atoms with Crippen molar-refractivity contribution in [3.8, 4) is 5.75 Å². The number of rotatable bonds is 13. The smallest absolute Gasteiger partial charge is 0.181 e. The molecule has 0 bridgehead atoms. The van der Waals surface area contributed by atoms with Crippen molar-refractivity contribution in [2.75, 3.05) is 59.7 Å². The van der Waals surface area contributed by atoms with Crippen molar-refractivity contribution >= 4 is 41.8 Å². The normalized spacial score (nSPS) is 14.8. The first-order valence-electron chi connectivity index (χ1n) is 12.8. The molecule has 1 aromatic heterocycles. The summed E-state index contributed by atoms with van der Waals surface area (Å²) in [5.74, 6) is 1.96. The van der Waals surface area contributed by atoms with Crippen molar-refractivity contribution in [2.24, 2.45) is 15.1 Å². The number of hydrazone groups is 1. The number of benzene rings is 1. The summed E-state index contributed by atoms with van der Waals surface area (Å²) in [6.07, 6.45) is 5.44. The summed E-state index contributed by atoms with van der Waals surface area (Å²) in [5.41, 5.74) is 4.68. The zero-order chi connectivity index (χ0) is 27.8. The van der Waals surface area contributed by atoms with Gasteiger partial charge in [0.1, 0.15) is 17.4 Å². The second kappa shape index (κ2) is 17.2. The number of hydrogen-bond donors (Lipinski definition) is 3. The Hall–Kier alpha value is -3.34. The van der Waals surface area contributed by atoms with E-state index < -0.39 is 0 Å². The van der Waals surface area contributed by atoms with E-state index in [1.54, 1.807) is 13.3 Å². The second-order valence-electron chi connectivity index (χ2n) is 8.16. The topological polar surface area (TPSA) is 102 Å². The Morgan fingerprint density at radius 2 is 1.97 bits per heavy atom. The van der Waals surface area contributed by atoms with Gasteiger partial charge in [-0.15, -0.1) is 0 Å². The van der Waals surface area contributed by atoms with Crippen LogP contribution in [0.15, 0.2) is 57.5 Å². The number of aryl methyl sites for hydroxylation is 1. The lowest BCUT2D eigenvalue weighted by atomic mass is 10.2. The maximum absolute atomic E-state index is 6.59. The quantitative estimate of drug-likeness (QED) is 0.200. The second-order valence-corrected chi connectivity index (χ2v) is 8.54. The Bertz CT molecular complexity index is 1100. The molecule has 0 aliphatic carbocycles. The fourth-order valence-corrected chi connectivity index (χ4v) is 4.10. The maximum Gasteiger partial charge on any atom is 0.181 e. The average Bonchev–Trinajstić information content (AvgIpc) is 3.34. The summed E-state index contributed by atoms with van der Waals surface area (Å²) in [4.78, 5) is 16.8. The van der Waals surface area contributed by atoms with E-state index in [-0.39, 0.29) is 6.73 Å². The minimum atomic E-state index is 0.115.